The number of amides is 1. The van der Waals surface area contributed by atoms with Gasteiger partial charge in [0.2, 0.25) is 5.91 Å². The summed E-state index contributed by atoms with van der Waals surface area (Å²) in [6, 6.07) is 4.16. The minimum absolute atomic E-state index is 0.00380. The number of thiocarbonyl (C=S) groups is 1. The summed E-state index contributed by atoms with van der Waals surface area (Å²) < 4.78 is 0. The number of thiophene rings is 1. The third-order valence-corrected chi connectivity index (χ3v) is 3.18. The molecular weight excluding hydrogens is 240 g/mol. The maximum Gasteiger partial charge on any atom is 0.229 e. The first-order valence-electron chi connectivity index (χ1n) is 5.11. The van der Waals surface area contributed by atoms with Gasteiger partial charge >= 0.3 is 0 Å². The Morgan fingerprint density at radius 1 is 1.62 bits per heavy atom. The molecule has 88 valence electrons. The van der Waals surface area contributed by atoms with Crippen LogP contribution in [0.15, 0.2) is 17.5 Å². The van der Waals surface area contributed by atoms with Crippen molar-refractivity contribution in [3.63, 3.8) is 0 Å². The highest BCUT2D eigenvalue weighted by atomic mass is 32.1. The molecule has 0 aliphatic carbocycles. The highest BCUT2D eigenvalue weighted by Gasteiger charge is 2.18. The van der Waals surface area contributed by atoms with Gasteiger partial charge in [-0.25, -0.2) is 0 Å². The van der Waals surface area contributed by atoms with Crippen molar-refractivity contribution in [3.05, 3.63) is 22.4 Å². The largest absolute Gasteiger partial charge is 0.393 e. The number of carbonyl (C=O) groups excluding carboxylic acids is 1. The van der Waals surface area contributed by atoms with E-state index in [-0.39, 0.29) is 23.4 Å². The van der Waals surface area contributed by atoms with E-state index in [4.69, 9.17) is 18.0 Å². The molecule has 0 unspecified atom stereocenters. The van der Waals surface area contributed by atoms with Gasteiger partial charge in [-0.3, -0.25) is 4.79 Å². The monoisotopic (exact) mass is 256 g/mol. The quantitative estimate of drug-likeness (QED) is 0.821. The van der Waals surface area contributed by atoms with E-state index in [9.17, 15) is 4.79 Å². The number of hydrogen-bond donors (Lipinski definition) is 1. The maximum atomic E-state index is 11.9. The molecule has 0 fully saturated rings. The molecule has 5 heteroatoms. The van der Waals surface area contributed by atoms with Crippen molar-refractivity contribution in [2.45, 2.75) is 32.9 Å². The van der Waals surface area contributed by atoms with Crippen molar-refractivity contribution in [2.24, 2.45) is 5.73 Å². The first-order chi connectivity index (χ1) is 7.50. The topological polar surface area (TPSA) is 46.3 Å². The number of nitrogens with zero attached hydrogens (tertiary/aromatic N) is 1. The molecule has 1 heterocycles. The number of rotatable bonds is 5. The van der Waals surface area contributed by atoms with E-state index in [2.05, 4.69) is 0 Å². The Labute approximate surface area is 105 Å². The summed E-state index contributed by atoms with van der Waals surface area (Å²) >= 11 is 6.41. The van der Waals surface area contributed by atoms with E-state index >= 15 is 0 Å². The van der Waals surface area contributed by atoms with Gasteiger partial charge in [-0.2, -0.15) is 0 Å². The molecule has 3 nitrogen and oxygen atoms in total. The van der Waals surface area contributed by atoms with Gasteiger partial charge in [-0.15, -0.1) is 11.3 Å². The first kappa shape index (κ1) is 13.1. The fourth-order valence-corrected chi connectivity index (χ4v) is 2.21. The number of hydrogen-bond acceptors (Lipinski definition) is 3. The Balaban J connectivity index is 2.67. The van der Waals surface area contributed by atoms with Crippen LogP contribution in [0.4, 0.5) is 0 Å². The summed E-state index contributed by atoms with van der Waals surface area (Å²) in [5, 5.41) is 2.01. The van der Waals surface area contributed by atoms with Crippen LogP contribution in [0.1, 0.15) is 25.1 Å². The third kappa shape index (κ3) is 3.90. The van der Waals surface area contributed by atoms with Crippen molar-refractivity contribution < 1.29 is 4.79 Å². The molecule has 0 aromatic carbocycles. The van der Waals surface area contributed by atoms with E-state index in [1.165, 1.54) is 4.88 Å². The molecule has 0 atom stereocenters. The second kappa shape index (κ2) is 5.96. The van der Waals surface area contributed by atoms with Crippen LogP contribution in [-0.4, -0.2) is 21.8 Å². The number of nitrogens with two attached hydrogens (primary N) is 1. The first-order valence-corrected chi connectivity index (χ1v) is 6.39. The van der Waals surface area contributed by atoms with Crippen LogP contribution < -0.4 is 5.73 Å². The second-order valence-corrected chi connectivity index (χ2v) is 5.39. The number of carbonyl (C=O) groups is 1. The SMILES string of the molecule is CC(C)N(Cc1cccs1)C(=O)CC(N)=S. The van der Waals surface area contributed by atoms with Crippen molar-refractivity contribution in [1.29, 1.82) is 0 Å². The maximum absolute atomic E-state index is 11.9. The lowest BCUT2D eigenvalue weighted by Gasteiger charge is -2.26. The van der Waals surface area contributed by atoms with E-state index in [0.29, 0.717) is 6.54 Å². The minimum Gasteiger partial charge on any atom is -0.393 e. The van der Waals surface area contributed by atoms with Crippen LogP contribution in [0.5, 0.6) is 0 Å². The summed E-state index contributed by atoms with van der Waals surface area (Å²) in [5.41, 5.74) is 5.39. The summed E-state index contributed by atoms with van der Waals surface area (Å²) in [4.78, 5) is 15.1. The highest BCUT2D eigenvalue weighted by Crippen LogP contribution is 2.14. The fraction of sp³-hybridized carbons (Fsp3) is 0.455. The molecule has 16 heavy (non-hydrogen) atoms. The van der Waals surface area contributed by atoms with E-state index in [1.807, 2.05) is 31.4 Å². The van der Waals surface area contributed by atoms with Crippen molar-refractivity contribution >= 4 is 34.5 Å². The molecule has 1 aromatic heterocycles. The lowest BCUT2D eigenvalue weighted by atomic mass is 10.2. The molecule has 1 amide bonds. The molecule has 0 aliphatic heterocycles. The fourth-order valence-electron chi connectivity index (χ4n) is 1.38. The molecule has 2 N–H and O–H groups in total. The zero-order valence-electron chi connectivity index (χ0n) is 9.47. The summed E-state index contributed by atoms with van der Waals surface area (Å²) in [6.07, 6.45) is 0.152. The highest BCUT2D eigenvalue weighted by molar-refractivity contribution is 7.80. The molecular formula is C11H16N2OS2. The molecule has 1 rings (SSSR count). The van der Waals surface area contributed by atoms with E-state index in [0.717, 1.165) is 0 Å². The molecule has 0 aliphatic rings. The van der Waals surface area contributed by atoms with Gasteiger partial charge in [0.25, 0.3) is 0 Å². The van der Waals surface area contributed by atoms with Crippen LogP contribution in [0.3, 0.4) is 0 Å². The predicted molar refractivity (Wildman–Crippen MR) is 71.4 cm³/mol. The summed E-state index contributed by atoms with van der Waals surface area (Å²) in [6.45, 7) is 4.62. The van der Waals surface area contributed by atoms with E-state index < -0.39 is 0 Å². The Morgan fingerprint density at radius 2 is 2.31 bits per heavy atom. The van der Waals surface area contributed by atoms with Crippen LogP contribution in [-0.2, 0) is 11.3 Å². The lowest BCUT2D eigenvalue weighted by Crippen LogP contribution is -2.37. The Hall–Kier alpha value is -0.940. The Kier molecular flexibility index (Phi) is 4.89. The molecule has 0 bridgehead atoms. The van der Waals surface area contributed by atoms with Gasteiger partial charge in [-0.05, 0) is 25.3 Å². The molecule has 0 saturated heterocycles. The zero-order valence-corrected chi connectivity index (χ0v) is 11.1. The van der Waals surface area contributed by atoms with Gasteiger partial charge in [0.15, 0.2) is 0 Å². The van der Waals surface area contributed by atoms with Gasteiger partial charge in [-0.1, -0.05) is 18.3 Å². The van der Waals surface area contributed by atoms with Gasteiger partial charge in [0.05, 0.1) is 18.0 Å². The molecule has 0 saturated carbocycles. The minimum atomic E-state index is -0.00380. The molecule has 1 aromatic rings. The smallest absolute Gasteiger partial charge is 0.229 e. The average molecular weight is 256 g/mol. The van der Waals surface area contributed by atoms with Crippen LogP contribution in [0.25, 0.3) is 0 Å². The standard InChI is InChI=1S/C11H16N2OS2/c1-8(2)13(11(14)6-10(12)15)7-9-4-3-5-16-9/h3-5,8H,6-7H2,1-2H3,(H2,12,15). The summed E-state index contributed by atoms with van der Waals surface area (Å²) in [7, 11) is 0. The molecule has 0 radical (unpaired) electrons. The van der Waals surface area contributed by atoms with Gasteiger partial charge in [0.1, 0.15) is 0 Å². The van der Waals surface area contributed by atoms with Gasteiger partial charge < -0.3 is 10.6 Å². The Bertz CT molecular complexity index is 360. The van der Waals surface area contributed by atoms with Crippen molar-refractivity contribution in [3.8, 4) is 0 Å². The van der Waals surface area contributed by atoms with E-state index in [1.54, 1.807) is 16.2 Å². The zero-order chi connectivity index (χ0) is 12.1. The average Bonchev–Trinajstić information content (AvgIpc) is 2.64. The molecule has 0 spiro atoms. The summed E-state index contributed by atoms with van der Waals surface area (Å²) in [5.74, 6) is -0.00380. The predicted octanol–water partition coefficient (Wildman–Crippen LogP) is 2.16. The van der Waals surface area contributed by atoms with Crippen LogP contribution in [0.2, 0.25) is 0 Å². The van der Waals surface area contributed by atoms with Crippen molar-refractivity contribution in [2.75, 3.05) is 0 Å². The van der Waals surface area contributed by atoms with Crippen LogP contribution >= 0.6 is 23.6 Å². The lowest BCUT2D eigenvalue weighted by molar-refractivity contribution is -0.132. The Morgan fingerprint density at radius 3 is 2.75 bits per heavy atom. The second-order valence-electron chi connectivity index (χ2n) is 3.84. The van der Waals surface area contributed by atoms with Crippen molar-refractivity contribution in [1.82, 2.24) is 4.90 Å². The van der Waals surface area contributed by atoms with Gasteiger partial charge in [0, 0.05) is 10.9 Å². The normalized spacial score (nSPS) is 10.4. The van der Waals surface area contributed by atoms with Crippen LogP contribution in [0, 0.1) is 0 Å². The third-order valence-electron chi connectivity index (χ3n) is 2.18.